The highest BCUT2D eigenvalue weighted by Crippen LogP contribution is 2.24. The Morgan fingerprint density at radius 2 is 1.97 bits per heavy atom. The molecule has 0 spiro atoms. The normalized spacial score (nSPS) is 10.3. The highest BCUT2D eigenvalue weighted by molar-refractivity contribution is 5.89. The molecule has 0 saturated heterocycles. The Morgan fingerprint density at radius 1 is 1.17 bits per heavy atom. The number of hydrogen-bond donors (Lipinski definition) is 4. The number of nitro groups is 1. The van der Waals surface area contributed by atoms with Gasteiger partial charge in [0, 0.05) is 12.2 Å². The molecule has 1 aromatic heterocycles. The number of carbonyl (C=O) groups is 1. The van der Waals surface area contributed by atoms with Crippen molar-refractivity contribution in [3.63, 3.8) is 0 Å². The number of benzene rings is 2. The highest BCUT2D eigenvalue weighted by atomic mass is 16.6. The number of aromatic hydroxyl groups is 1. The first-order valence-electron chi connectivity index (χ1n) is 8.56. The van der Waals surface area contributed by atoms with E-state index in [9.17, 15) is 20.0 Å². The zero-order valence-corrected chi connectivity index (χ0v) is 15.1. The van der Waals surface area contributed by atoms with Gasteiger partial charge in [0.15, 0.2) is 0 Å². The van der Waals surface area contributed by atoms with Crippen molar-refractivity contribution in [2.24, 2.45) is 0 Å². The largest absolute Gasteiger partial charge is 0.508 e. The van der Waals surface area contributed by atoms with Crippen LogP contribution in [-0.4, -0.2) is 37.6 Å². The number of anilines is 3. The lowest BCUT2D eigenvalue weighted by Crippen LogP contribution is -2.10. The van der Waals surface area contributed by atoms with Crippen LogP contribution >= 0.6 is 0 Å². The molecular weight excluding hydrogens is 378 g/mol. The van der Waals surface area contributed by atoms with Crippen LogP contribution in [0.5, 0.6) is 5.75 Å². The molecule has 148 valence electrons. The minimum atomic E-state index is -1.08. The van der Waals surface area contributed by atoms with Gasteiger partial charge in [0.2, 0.25) is 11.8 Å². The Bertz CT molecular complexity index is 1060. The Balaban J connectivity index is 1.76. The Kier molecular flexibility index (Phi) is 5.83. The van der Waals surface area contributed by atoms with Crippen LogP contribution < -0.4 is 10.6 Å². The maximum absolute atomic E-state index is 11.3. The highest BCUT2D eigenvalue weighted by Gasteiger charge is 2.17. The zero-order chi connectivity index (χ0) is 20.8. The third-order valence-electron chi connectivity index (χ3n) is 3.95. The second kappa shape index (κ2) is 8.65. The van der Waals surface area contributed by atoms with Gasteiger partial charge in [-0.15, -0.1) is 0 Å². The summed E-state index contributed by atoms with van der Waals surface area (Å²) in [6.07, 6.45) is 1.59. The lowest BCUT2D eigenvalue weighted by atomic mass is 10.1. The minimum Gasteiger partial charge on any atom is -0.508 e. The third kappa shape index (κ3) is 5.16. The SMILES string of the molecule is O=C(O)c1cccc(Nc2ncc([N+](=O)[O-])c(NCCc3cccc(O)c3)n2)c1. The van der Waals surface area contributed by atoms with Crippen molar-refractivity contribution in [3.8, 4) is 5.75 Å². The molecule has 0 bridgehead atoms. The maximum atomic E-state index is 11.3. The van der Waals surface area contributed by atoms with Gasteiger partial charge in [0.05, 0.1) is 10.5 Å². The number of nitrogens with one attached hydrogen (secondary N) is 2. The fourth-order valence-electron chi connectivity index (χ4n) is 2.60. The van der Waals surface area contributed by atoms with Crippen LogP contribution in [0.1, 0.15) is 15.9 Å². The molecule has 0 aliphatic rings. The van der Waals surface area contributed by atoms with Crippen molar-refractivity contribution in [1.82, 2.24) is 9.97 Å². The fraction of sp³-hybridized carbons (Fsp3) is 0.105. The van der Waals surface area contributed by atoms with Gasteiger partial charge in [-0.3, -0.25) is 10.1 Å². The molecule has 4 N–H and O–H groups in total. The summed E-state index contributed by atoms with van der Waals surface area (Å²) in [7, 11) is 0. The molecule has 0 aliphatic carbocycles. The molecular formula is C19H17N5O5. The number of hydrogen-bond acceptors (Lipinski definition) is 8. The van der Waals surface area contributed by atoms with Gasteiger partial charge in [-0.1, -0.05) is 18.2 Å². The average molecular weight is 395 g/mol. The molecule has 1 heterocycles. The molecule has 0 saturated carbocycles. The lowest BCUT2D eigenvalue weighted by Gasteiger charge is -2.09. The molecule has 0 radical (unpaired) electrons. The van der Waals surface area contributed by atoms with Crippen LogP contribution in [0.4, 0.5) is 23.1 Å². The molecule has 2 aromatic carbocycles. The molecule has 0 amide bonds. The number of phenolic OH excluding ortho intramolecular Hbond substituents is 1. The van der Waals surface area contributed by atoms with Gasteiger partial charge in [-0.25, -0.2) is 9.78 Å². The van der Waals surface area contributed by atoms with Crippen molar-refractivity contribution in [3.05, 3.63) is 76.0 Å². The molecule has 10 nitrogen and oxygen atoms in total. The summed E-state index contributed by atoms with van der Waals surface area (Å²) < 4.78 is 0. The number of rotatable bonds is 8. The van der Waals surface area contributed by atoms with Crippen molar-refractivity contribution in [2.45, 2.75) is 6.42 Å². The summed E-state index contributed by atoms with van der Waals surface area (Å²) in [5, 5.41) is 35.6. The standard InChI is InChI=1S/C19H17N5O5/c25-15-6-1-3-12(9-15)7-8-20-17-16(24(28)29)11-21-19(23-17)22-14-5-2-4-13(10-14)18(26)27/h1-6,9-11,25H,7-8H2,(H,26,27)(H2,20,21,22,23). The molecule has 3 aromatic rings. The van der Waals surface area contributed by atoms with Gasteiger partial charge in [-0.2, -0.15) is 4.98 Å². The molecule has 29 heavy (non-hydrogen) atoms. The minimum absolute atomic E-state index is 0.0297. The zero-order valence-electron chi connectivity index (χ0n) is 15.1. The monoisotopic (exact) mass is 395 g/mol. The van der Waals surface area contributed by atoms with Gasteiger partial charge < -0.3 is 20.8 Å². The Morgan fingerprint density at radius 3 is 2.69 bits per heavy atom. The number of aromatic nitrogens is 2. The summed E-state index contributed by atoms with van der Waals surface area (Å²) in [6.45, 7) is 0.343. The van der Waals surface area contributed by atoms with E-state index in [1.54, 1.807) is 30.3 Å². The predicted molar refractivity (Wildman–Crippen MR) is 106 cm³/mol. The van der Waals surface area contributed by atoms with E-state index in [-0.39, 0.29) is 28.8 Å². The van der Waals surface area contributed by atoms with E-state index in [1.807, 2.05) is 6.07 Å². The Labute approximate surface area is 165 Å². The summed E-state index contributed by atoms with van der Waals surface area (Å²) >= 11 is 0. The quantitative estimate of drug-likeness (QED) is 0.333. The van der Waals surface area contributed by atoms with Crippen molar-refractivity contribution >= 4 is 29.1 Å². The van der Waals surface area contributed by atoms with Gasteiger partial charge >= 0.3 is 11.7 Å². The van der Waals surface area contributed by atoms with E-state index in [4.69, 9.17) is 5.11 Å². The molecule has 3 rings (SSSR count). The van der Waals surface area contributed by atoms with Gasteiger partial charge in [0.25, 0.3) is 0 Å². The summed E-state index contributed by atoms with van der Waals surface area (Å²) in [4.78, 5) is 29.8. The fourth-order valence-corrected chi connectivity index (χ4v) is 2.60. The smallest absolute Gasteiger partial charge is 0.335 e. The number of carboxylic acid groups (broad SMARTS) is 1. The van der Waals surface area contributed by atoms with Crippen LogP contribution in [0.2, 0.25) is 0 Å². The molecule has 10 heteroatoms. The lowest BCUT2D eigenvalue weighted by molar-refractivity contribution is -0.384. The average Bonchev–Trinajstić information content (AvgIpc) is 2.68. The number of carboxylic acids is 1. The number of phenols is 1. The van der Waals surface area contributed by atoms with Crippen LogP contribution in [0.3, 0.4) is 0 Å². The molecule has 0 unspecified atom stereocenters. The topological polar surface area (TPSA) is 151 Å². The Hall–Kier alpha value is -4.21. The van der Waals surface area contributed by atoms with E-state index < -0.39 is 10.9 Å². The first-order valence-corrected chi connectivity index (χ1v) is 8.56. The maximum Gasteiger partial charge on any atom is 0.335 e. The summed E-state index contributed by atoms with van der Waals surface area (Å²) in [6, 6.07) is 12.8. The molecule has 0 aliphatic heterocycles. The van der Waals surface area contributed by atoms with Crippen LogP contribution in [-0.2, 0) is 6.42 Å². The number of nitrogens with zero attached hydrogens (tertiary/aromatic N) is 3. The van der Waals surface area contributed by atoms with Gasteiger partial charge in [-0.05, 0) is 42.3 Å². The molecule has 0 atom stereocenters. The third-order valence-corrected chi connectivity index (χ3v) is 3.95. The second-order valence-corrected chi connectivity index (χ2v) is 6.04. The van der Waals surface area contributed by atoms with E-state index in [2.05, 4.69) is 20.6 Å². The predicted octanol–water partition coefficient (Wildman–Crippen LogP) is 3.19. The van der Waals surface area contributed by atoms with E-state index >= 15 is 0 Å². The van der Waals surface area contributed by atoms with Crippen molar-refractivity contribution < 1.29 is 19.9 Å². The first-order chi connectivity index (χ1) is 13.9. The van der Waals surface area contributed by atoms with Crippen LogP contribution in [0.15, 0.2) is 54.7 Å². The summed E-state index contributed by atoms with van der Waals surface area (Å²) in [5.74, 6) is -0.821. The van der Waals surface area contributed by atoms with Crippen LogP contribution in [0, 0.1) is 10.1 Å². The van der Waals surface area contributed by atoms with Crippen molar-refractivity contribution in [2.75, 3.05) is 17.2 Å². The number of aromatic carboxylic acids is 1. The van der Waals surface area contributed by atoms with Crippen LogP contribution in [0.25, 0.3) is 0 Å². The van der Waals surface area contributed by atoms with E-state index in [0.29, 0.717) is 18.7 Å². The van der Waals surface area contributed by atoms with Gasteiger partial charge in [0.1, 0.15) is 11.9 Å². The van der Waals surface area contributed by atoms with Crippen molar-refractivity contribution in [1.29, 1.82) is 0 Å². The first kappa shape index (κ1) is 19.5. The second-order valence-electron chi connectivity index (χ2n) is 6.04. The molecule has 0 fully saturated rings. The van der Waals surface area contributed by atoms with E-state index in [1.165, 1.54) is 12.1 Å². The summed E-state index contributed by atoms with van der Waals surface area (Å²) in [5.41, 5.74) is 1.09. The van der Waals surface area contributed by atoms with E-state index in [0.717, 1.165) is 11.8 Å².